The summed E-state index contributed by atoms with van der Waals surface area (Å²) in [6.45, 7) is 0.409. The van der Waals surface area contributed by atoms with Gasteiger partial charge in [0, 0.05) is 30.0 Å². The van der Waals surface area contributed by atoms with Crippen LogP contribution in [0.3, 0.4) is 0 Å². The van der Waals surface area contributed by atoms with Gasteiger partial charge in [-0.25, -0.2) is 8.42 Å². The van der Waals surface area contributed by atoms with Crippen molar-refractivity contribution in [2.75, 3.05) is 38.1 Å². The minimum atomic E-state index is -3.00. The molecule has 1 aliphatic rings. The van der Waals surface area contributed by atoms with Crippen molar-refractivity contribution < 1.29 is 17.9 Å². The highest BCUT2D eigenvalue weighted by Gasteiger charge is 2.45. The molecule has 3 N–H and O–H groups in total. The lowest BCUT2D eigenvalue weighted by molar-refractivity contribution is 0.355. The summed E-state index contributed by atoms with van der Waals surface area (Å²) in [5, 5.41) is 2.97. The first kappa shape index (κ1) is 17.4. The van der Waals surface area contributed by atoms with Crippen molar-refractivity contribution >= 4 is 21.5 Å². The number of aliphatic imine (C=N–C) groups is 1. The fraction of sp³-hybridized carbons (Fsp3) is 0.533. The Hall–Kier alpha value is -1.96. The monoisotopic (exact) mass is 341 g/mol. The summed E-state index contributed by atoms with van der Waals surface area (Å²) in [4.78, 5) is 4.28. The Labute approximate surface area is 136 Å². The molecule has 2 rings (SSSR count). The number of ether oxygens (including phenoxy) is 2. The highest BCUT2D eigenvalue weighted by atomic mass is 32.2. The Morgan fingerprint density at radius 1 is 1.30 bits per heavy atom. The van der Waals surface area contributed by atoms with E-state index in [0.717, 1.165) is 18.5 Å². The number of guanidine groups is 1. The second kappa shape index (κ2) is 6.66. The number of rotatable bonds is 7. The average Bonchev–Trinajstić information content (AvgIpc) is 3.23. The van der Waals surface area contributed by atoms with Crippen molar-refractivity contribution in [3.63, 3.8) is 0 Å². The van der Waals surface area contributed by atoms with Crippen LogP contribution < -0.4 is 20.5 Å². The number of methoxy groups -OCH3 is 2. The molecule has 7 nitrogen and oxygen atoms in total. The topological polar surface area (TPSA) is 103 Å². The molecule has 0 aromatic heterocycles. The molecule has 23 heavy (non-hydrogen) atoms. The van der Waals surface area contributed by atoms with Crippen molar-refractivity contribution in [1.29, 1.82) is 0 Å². The van der Waals surface area contributed by atoms with Gasteiger partial charge in [-0.2, -0.15) is 0 Å². The summed E-state index contributed by atoms with van der Waals surface area (Å²) >= 11 is 0. The first-order chi connectivity index (χ1) is 10.8. The predicted molar refractivity (Wildman–Crippen MR) is 91.0 cm³/mol. The van der Waals surface area contributed by atoms with Crippen LogP contribution in [0.5, 0.6) is 11.5 Å². The zero-order chi connectivity index (χ0) is 17.1. The zero-order valence-electron chi connectivity index (χ0n) is 13.6. The molecule has 0 spiro atoms. The lowest BCUT2D eigenvalue weighted by atomic mass is 10.1. The third kappa shape index (κ3) is 5.02. The van der Waals surface area contributed by atoms with Gasteiger partial charge in [-0.3, -0.25) is 4.99 Å². The molecule has 0 aliphatic heterocycles. The van der Waals surface area contributed by atoms with Gasteiger partial charge < -0.3 is 20.5 Å². The van der Waals surface area contributed by atoms with Gasteiger partial charge in [-0.05, 0) is 25.0 Å². The first-order valence-corrected chi connectivity index (χ1v) is 9.30. The fourth-order valence-electron chi connectivity index (χ4n) is 2.44. The Bertz CT molecular complexity index is 697. The van der Waals surface area contributed by atoms with Gasteiger partial charge in [-0.15, -0.1) is 0 Å². The number of sulfone groups is 1. The van der Waals surface area contributed by atoms with E-state index in [4.69, 9.17) is 15.2 Å². The van der Waals surface area contributed by atoms with E-state index < -0.39 is 9.84 Å². The summed E-state index contributed by atoms with van der Waals surface area (Å²) in [6, 6.07) is 5.32. The van der Waals surface area contributed by atoms with E-state index in [1.807, 2.05) is 0 Å². The van der Waals surface area contributed by atoms with Crippen molar-refractivity contribution in [1.82, 2.24) is 0 Å². The van der Waals surface area contributed by atoms with E-state index in [-0.39, 0.29) is 17.1 Å². The molecule has 1 saturated carbocycles. The van der Waals surface area contributed by atoms with Gasteiger partial charge >= 0.3 is 0 Å². The quantitative estimate of drug-likeness (QED) is 0.571. The molecule has 128 valence electrons. The minimum Gasteiger partial charge on any atom is -0.493 e. The standard InChI is InChI=1S/C15H23N3O4S/c1-21-12-5-4-11(8-13(12)22-2)18-14(16)17-9-15(6-7-15)10-23(3,19)20/h4-5,8H,6-7,9-10H2,1-3H3,(H3,16,17,18). The van der Waals surface area contributed by atoms with E-state index in [0.29, 0.717) is 18.0 Å². The van der Waals surface area contributed by atoms with Crippen LogP contribution in [-0.2, 0) is 9.84 Å². The average molecular weight is 341 g/mol. The molecule has 0 amide bonds. The maximum absolute atomic E-state index is 11.4. The van der Waals surface area contributed by atoms with Crippen LogP contribution in [0.1, 0.15) is 12.8 Å². The first-order valence-electron chi connectivity index (χ1n) is 7.24. The maximum Gasteiger partial charge on any atom is 0.193 e. The highest BCUT2D eigenvalue weighted by Crippen LogP contribution is 2.46. The largest absolute Gasteiger partial charge is 0.493 e. The summed E-state index contributed by atoms with van der Waals surface area (Å²) in [5.74, 6) is 1.62. The van der Waals surface area contributed by atoms with E-state index in [1.165, 1.54) is 6.26 Å². The molecule has 0 bridgehead atoms. The second-order valence-corrected chi connectivity index (χ2v) is 8.11. The van der Waals surface area contributed by atoms with Crippen LogP contribution >= 0.6 is 0 Å². The number of nitrogens with two attached hydrogens (primary N) is 1. The van der Waals surface area contributed by atoms with E-state index >= 15 is 0 Å². The van der Waals surface area contributed by atoms with Crippen molar-refractivity contribution in [2.45, 2.75) is 12.8 Å². The molecule has 0 saturated heterocycles. The molecule has 1 aromatic rings. The van der Waals surface area contributed by atoms with Crippen LogP contribution in [0.25, 0.3) is 0 Å². The van der Waals surface area contributed by atoms with Gasteiger partial charge in [0.25, 0.3) is 0 Å². The van der Waals surface area contributed by atoms with Gasteiger partial charge in [0.1, 0.15) is 9.84 Å². The fourth-order valence-corrected chi connectivity index (χ4v) is 3.93. The number of hydrogen-bond donors (Lipinski definition) is 2. The Balaban J connectivity index is 2.00. The molecule has 0 radical (unpaired) electrons. The number of anilines is 1. The minimum absolute atomic E-state index is 0.160. The molecular weight excluding hydrogens is 318 g/mol. The highest BCUT2D eigenvalue weighted by molar-refractivity contribution is 7.90. The van der Waals surface area contributed by atoms with Gasteiger partial charge in [0.05, 0.1) is 20.0 Å². The summed E-state index contributed by atoms with van der Waals surface area (Å²) < 4.78 is 33.3. The lowest BCUT2D eigenvalue weighted by Gasteiger charge is -2.13. The summed E-state index contributed by atoms with van der Waals surface area (Å²) in [5.41, 5.74) is 6.36. The van der Waals surface area contributed by atoms with Crippen LogP contribution in [0.15, 0.2) is 23.2 Å². The summed E-state index contributed by atoms with van der Waals surface area (Å²) in [6.07, 6.45) is 2.99. The number of benzene rings is 1. The molecule has 1 aromatic carbocycles. The lowest BCUT2D eigenvalue weighted by Crippen LogP contribution is -2.26. The van der Waals surface area contributed by atoms with Crippen LogP contribution in [0, 0.1) is 5.41 Å². The second-order valence-electron chi connectivity index (χ2n) is 5.97. The third-order valence-corrected chi connectivity index (χ3v) is 4.90. The van der Waals surface area contributed by atoms with Crippen LogP contribution in [0.4, 0.5) is 5.69 Å². The van der Waals surface area contributed by atoms with E-state index in [1.54, 1.807) is 32.4 Å². The smallest absolute Gasteiger partial charge is 0.193 e. The normalized spacial score (nSPS) is 16.7. The Morgan fingerprint density at radius 2 is 1.96 bits per heavy atom. The van der Waals surface area contributed by atoms with Gasteiger partial charge in [-0.1, -0.05) is 0 Å². The maximum atomic E-state index is 11.4. The van der Waals surface area contributed by atoms with Gasteiger partial charge in [0.2, 0.25) is 0 Å². The van der Waals surface area contributed by atoms with Crippen molar-refractivity contribution in [2.24, 2.45) is 16.1 Å². The molecule has 1 fully saturated rings. The molecule has 0 atom stereocenters. The molecule has 8 heteroatoms. The third-order valence-electron chi connectivity index (χ3n) is 3.77. The number of nitrogens with zero attached hydrogens (tertiary/aromatic N) is 1. The van der Waals surface area contributed by atoms with E-state index in [9.17, 15) is 8.42 Å². The Morgan fingerprint density at radius 3 is 2.48 bits per heavy atom. The summed E-state index contributed by atoms with van der Waals surface area (Å²) in [7, 11) is 0.120. The van der Waals surface area contributed by atoms with Gasteiger partial charge in [0.15, 0.2) is 17.5 Å². The molecular formula is C15H23N3O4S. The Kier molecular flexibility index (Phi) is 5.03. The molecule has 0 heterocycles. The van der Waals surface area contributed by atoms with Crippen molar-refractivity contribution in [3.05, 3.63) is 18.2 Å². The molecule has 0 unspecified atom stereocenters. The van der Waals surface area contributed by atoms with E-state index in [2.05, 4.69) is 10.3 Å². The predicted octanol–water partition coefficient (Wildman–Crippen LogP) is 1.26. The molecule has 1 aliphatic carbocycles. The number of nitrogens with one attached hydrogen (secondary N) is 1. The SMILES string of the molecule is COc1ccc(NC(N)=NCC2(CS(C)(=O)=O)CC2)cc1OC. The van der Waals surface area contributed by atoms with Crippen LogP contribution in [0.2, 0.25) is 0 Å². The number of hydrogen-bond acceptors (Lipinski definition) is 5. The van der Waals surface area contributed by atoms with Crippen LogP contribution in [-0.4, -0.2) is 47.2 Å². The van der Waals surface area contributed by atoms with Crippen molar-refractivity contribution in [3.8, 4) is 11.5 Å². The zero-order valence-corrected chi connectivity index (χ0v) is 14.4.